The van der Waals surface area contributed by atoms with Crippen molar-refractivity contribution in [1.29, 1.82) is 0 Å². The third kappa shape index (κ3) is 10.4. The molecular formula is C20H31F3N4O7S2. The van der Waals surface area contributed by atoms with Crippen molar-refractivity contribution >= 4 is 37.6 Å². The molecule has 16 heteroatoms. The van der Waals surface area contributed by atoms with Crippen molar-refractivity contribution in [2.45, 2.75) is 31.8 Å². The molecular weight excluding hydrogens is 529 g/mol. The molecule has 36 heavy (non-hydrogen) atoms. The molecule has 0 spiro atoms. The van der Waals surface area contributed by atoms with Gasteiger partial charge < -0.3 is 15.7 Å². The third-order valence-corrected chi connectivity index (χ3v) is 8.42. The fraction of sp³-hybridized carbons (Fsp3) is 0.600. The van der Waals surface area contributed by atoms with Crippen molar-refractivity contribution in [3.63, 3.8) is 0 Å². The Kier molecular flexibility index (Phi) is 11.8. The molecule has 11 nitrogen and oxygen atoms in total. The van der Waals surface area contributed by atoms with E-state index in [1.807, 2.05) is 13.8 Å². The van der Waals surface area contributed by atoms with Gasteiger partial charge in [0.2, 0.25) is 26.0 Å². The number of hydrogen-bond donors (Lipinski definition) is 3. The van der Waals surface area contributed by atoms with Crippen LogP contribution in [0.25, 0.3) is 0 Å². The van der Waals surface area contributed by atoms with Crippen molar-refractivity contribution in [3.8, 4) is 0 Å². The summed E-state index contributed by atoms with van der Waals surface area (Å²) in [5.74, 6) is -3.24. The molecule has 206 valence electrons. The van der Waals surface area contributed by atoms with Crippen LogP contribution in [0.2, 0.25) is 0 Å². The lowest BCUT2D eigenvalue weighted by Crippen LogP contribution is -2.48. The number of carbonyl (C=O) groups excluding carboxylic acids is 1. The zero-order chi connectivity index (χ0) is 27.7. The smallest absolute Gasteiger partial charge is 0.475 e. The zero-order valence-corrected chi connectivity index (χ0v) is 21.7. The molecule has 0 aromatic heterocycles. The van der Waals surface area contributed by atoms with Gasteiger partial charge in [-0.3, -0.25) is 4.79 Å². The van der Waals surface area contributed by atoms with Crippen LogP contribution >= 0.6 is 0 Å². The molecule has 1 amide bonds. The summed E-state index contributed by atoms with van der Waals surface area (Å²) < 4.78 is 85.8. The third-order valence-electron chi connectivity index (χ3n) is 4.69. The second-order valence-corrected chi connectivity index (χ2v) is 12.3. The minimum absolute atomic E-state index is 0.0327. The summed E-state index contributed by atoms with van der Waals surface area (Å²) in [6.07, 6.45) is -5.08. The first-order valence-corrected chi connectivity index (χ1v) is 13.9. The highest BCUT2D eigenvalue weighted by atomic mass is 32.2. The first-order valence-electron chi connectivity index (χ1n) is 10.8. The summed E-state index contributed by atoms with van der Waals surface area (Å²) in [7, 11) is -7.41. The van der Waals surface area contributed by atoms with Crippen LogP contribution in [0.4, 0.5) is 18.9 Å². The van der Waals surface area contributed by atoms with Crippen LogP contribution in [0.3, 0.4) is 0 Å². The lowest BCUT2D eigenvalue weighted by atomic mass is 10.2. The van der Waals surface area contributed by atoms with E-state index in [2.05, 4.69) is 10.6 Å². The van der Waals surface area contributed by atoms with Crippen LogP contribution < -0.4 is 10.6 Å². The summed E-state index contributed by atoms with van der Waals surface area (Å²) in [6, 6.07) is 5.86. The molecule has 1 heterocycles. The topological polar surface area (TPSA) is 153 Å². The lowest BCUT2D eigenvalue weighted by molar-refractivity contribution is -0.192. The Morgan fingerprint density at radius 2 is 1.61 bits per heavy atom. The van der Waals surface area contributed by atoms with Crippen LogP contribution in [0.5, 0.6) is 0 Å². The molecule has 1 aliphatic heterocycles. The van der Waals surface area contributed by atoms with Gasteiger partial charge in [0.1, 0.15) is 0 Å². The highest BCUT2D eigenvalue weighted by Crippen LogP contribution is 2.20. The molecule has 2 rings (SSSR count). The quantitative estimate of drug-likeness (QED) is 0.407. The molecule has 0 atom stereocenters. The maximum atomic E-state index is 13.1. The second kappa shape index (κ2) is 13.3. The highest BCUT2D eigenvalue weighted by molar-refractivity contribution is 7.90. The number of hydrogen-bond acceptors (Lipinski definition) is 7. The number of carbonyl (C=O) groups is 2. The summed E-state index contributed by atoms with van der Waals surface area (Å²) in [5, 5.41) is 12.8. The number of amides is 1. The number of aliphatic carboxylic acids is 1. The van der Waals surface area contributed by atoms with E-state index in [0.29, 0.717) is 31.9 Å². The van der Waals surface area contributed by atoms with Crippen LogP contribution in [0.15, 0.2) is 29.2 Å². The molecule has 0 saturated carbocycles. The number of piperazine rings is 1. The van der Waals surface area contributed by atoms with E-state index in [1.54, 1.807) is 0 Å². The normalized spacial score (nSPS) is 15.3. The number of alkyl halides is 3. The summed E-state index contributed by atoms with van der Waals surface area (Å²) in [5.41, 5.74) is 0.494. The lowest BCUT2D eigenvalue weighted by Gasteiger charge is -2.29. The van der Waals surface area contributed by atoms with E-state index in [-0.39, 0.29) is 35.6 Å². The zero-order valence-electron chi connectivity index (χ0n) is 20.1. The minimum atomic E-state index is -5.08. The molecule has 1 saturated heterocycles. The fourth-order valence-electron chi connectivity index (χ4n) is 3.05. The van der Waals surface area contributed by atoms with Crippen molar-refractivity contribution in [2.75, 3.05) is 50.3 Å². The van der Waals surface area contributed by atoms with Crippen molar-refractivity contribution in [3.05, 3.63) is 24.3 Å². The van der Waals surface area contributed by atoms with Gasteiger partial charge >= 0.3 is 12.1 Å². The Bertz CT molecular complexity index is 1090. The number of benzene rings is 1. The van der Waals surface area contributed by atoms with Gasteiger partial charge in [0, 0.05) is 51.9 Å². The van der Waals surface area contributed by atoms with Gasteiger partial charge in [0.15, 0.2) is 0 Å². The number of carboxylic acids is 1. The Morgan fingerprint density at radius 3 is 2.03 bits per heavy atom. The first kappa shape index (κ1) is 31.8. The molecule has 0 bridgehead atoms. The summed E-state index contributed by atoms with van der Waals surface area (Å²) in [4.78, 5) is 20.1. The van der Waals surface area contributed by atoms with Crippen LogP contribution in [0.1, 0.15) is 20.8 Å². The Hall–Kier alpha value is -2.27. The van der Waals surface area contributed by atoms with Crippen LogP contribution in [-0.4, -0.2) is 93.6 Å². The van der Waals surface area contributed by atoms with E-state index < -0.39 is 32.2 Å². The molecule has 1 aliphatic rings. The Labute approximate surface area is 208 Å². The number of nitrogens with zero attached hydrogens (tertiary/aromatic N) is 2. The summed E-state index contributed by atoms with van der Waals surface area (Å²) >= 11 is 0. The van der Waals surface area contributed by atoms with E-state index >= 15 is 0 Å². The minimum Gasteiger partial charge on any atom is -0.475 e. The first-order chi connectivity index (χ1) is 16.5. The number of rotatable bonds is 9. The van der Waals surface area contributed by atoms with Crippen LogP contribution in [-0.2, 0) is 29.6 Å². The van der Waals surface area contributed by atoms with E-state index in [1.165, 1.54) is 39.8 Å². The number of carboxylic acid groups (broad SMARTS) is 1. The van der Waals surface area contributed by atoms with Crippen molar-refractivity contribution in [1.82, 2.24) is 13.9 Å². The number of anilines is 1. The van der Waals surface area contributed by atoms with E-state index in [0.717, 1.165) is 0 Å². The van der Waals surface area contributed by atoms with Crippen molar-refractivity contribution in [2.24, 2.45) is 5.92 Å². The Morgan fingerprint density at radius 1 is 1.11 bits per heavy atom. The van der Waals surface area contributed by atoms with Gasteiger partial charge in [-0.25, -0.2) is 21.6 Å². The SMILES string of the molecule is CC(=O)Nc1ccc(S(=O)(=O)N(CCS(=O)(=O)N2CCNCC2)CC(C)C)cc1.O=C(O)C(F)(F)F. The maximum absolute atomic E-state index is 13.1. The number of sulfonamides is 2. The van der Waals surface area contributed by atoms with Gasteiger partial charge in [-0.2, -0.15) is 21.8 Å². The van der Waals surface area contributed by atoms with Crippen LogP contribution in [0, 0.1) is 5.92 Å². The molecule has 0 radical (unpaired) electrons. The van der Waals surface area contributed by atoms with Gasteiger partial charge in [-0.05, 0) is 30.2 Å². The second-order valence-electron chi connectivity index (χ2n) is 8.23. The van der Waals surface area contributed by atoms with Crippen molar-refractivity contribution < 1.29 is 44.7 Å². The molecule has 1 aromatic carbocycles. The predicted molar refractivity (Wildman–Crippen MR) is 126 cm³/mol. The van der Waals surface area contributed by atoms with Gasteiger partial charge in [-0.15, -0.1) is 0 Å². The van der Waals surface area contributed by atoms with E-state index in [4.69, 9.17) is 9.90 Å². The number of nitrogens with one attached hydrogen (secondary N) is 2. The standard InChI is InChI=1S/C18H30N4O5S2.C2HF3O2/c1-15(2)14-22(12-13-28(24,25)21-10-8-19-9-11-21)29(26,27)18-6-4-17(5-7-18)20-16(3)23;3-2(4,5)1(6)7/h4-7,15,19H,8-14H2,1-3H3,(H,20,23);(H,6,7). The maximum Gasteiger partial charge on any atom is 0.490 e. The monoisotopic (exact) mass is 560 g/mol. The number of halogens is 3. The molecule has 3 N–H and O–H groups in total. The van der Waals surface area contributed by atoms with Gasteiger partial charge in [0.25, 0.3) is 0 Å². The largest absolute Gasteiger partial charge is 0.490 e. The molecule has 1 fully saturated rings. The average Bonchev–Trinajstić information content (AvgIpc) is 2.76. The van der Waals surface area contributed by atoms with Gasteiger partial charge in [-0.1, -0.05) is 13.8 Å². The molecule has 1 aromatic rings. The molecule has 0 aliphatic carbocycles. The molecule has 0 unspecified atom stereocenters. The summed E-state index contributed by atoms with van der Waals surface area (Å²) in [6.45, 7) is 7.21. The fourth-order valence-corrected chi connectivity index (χ4v) is 6.22. The van der Waals surface area contributed by atoms with E-state index in [9.17, 15) is 34.8 Å². The highest BCUT2D eigenvalue weighted by Gasteiger charge is 2.38. The predicted octanol–water partition coefficient (Wildman–Crippen LogP) is 1.16. The van der Waals surface area contributed by atoms with Gasteiger partial charge in [0.05, 0.1) is 10.6 Å². The average molecular weight is 561 g/mol. The Balaban J connectivity index is 0.000000809.